The average Bonchev–Trinajstić information content (AvgIpc) is 2.34. The molecule has 104 valence electrons. The van der Waals surface area contributed by atoms with E-state index < -0.39 is 5.97 Å². The van der Waals surface area contributed by atoms with Crippen molar-refractivity contribution in [2.75, 3.05) is 32.6 Å². The lowest BCUT2D eigenvalue weighted by Gasteiger charge is -2.17. The largest absolute Gasteiger partial charge is 0.478 e. The van der Waals surface area contributed by atoms with Gasteiger partial charge < -0.3 is 20.1 Å². The molecule has 19 heavy (non-hydrogen) atoms. The van der Waals surface area contributed by atoms with E-state index in [1.165, 1.54) is 17.0 Å². The van der Waals surface area contributed by atoms with Crippen molar-refractivity contribution >= 4 is 33.6 Å². The smallest absolute Gasteiger partial charge is 0.335 e. The highest BCUT2D eigenvalue weighted by Crippen LogP contribution is 2.20. The third-order valence-electron chi connectivity index (χ3n) is 2.37. The SMILES string of the molecule is COCCN(C)C(=O)Nc1cc(Br)cc(C(=O)O)c1. The zero-order valence-electron chi connectivity index (χ0n) is 10.6. The molecule has 1 aromatic carbocycles. The summed E-state index contributed by atoms with van der Waals surface area (Å²) in [4.78, 5) is 24.2. The number of hydrogen-bond donors (Lipinski definition) is 2. The van der Waals surface area contributed by atoms with Crippen LogP contribution in [0.2, 0.25) is 0 Å². The highest BCUT2D eigenvalue weighted by Gasteiger charge is 2.11. The fourth-order valence-corrected chi connectivity index (χ4v) is 1.83. The molecule has 0 aliphatic carbocycles. The summed E-state index contributed by atoms with van der Waals surface area (Å²) in [6, 6.07) is 4.17. The van der Waals surface area contributed by atoms with Crippen molar-refractivity contribution < 1.29 is 19.4 Å². The first-order valence-electron chi connectivity index (χ1n) is 5.49. The summed E-state index contributed by atoms with van der Waals surface area (Å²) in [7, 11) is 3.18. The number of amides is 2. The topological polar surface area (TPSA) is 78.9 Å². The Morgan fingerprint density at radius 3 is 2.68 bits per heavy atom. The quantitative estimate of drug-likeness (QED) is 0.867. The molecule has 0 atom stereocenters. The number of benzene rings is 1. The number of aromatic carboxylic acids is 1. The Morgan fingerprint density at radius 1 is 1.42 bits per heavy atom. The number of carbonyl (C=O) groups is 2. The number of carboxylic acids is 1. The Kier molecular flexibility index (Phi) is 5.78. The van der Waals surface area contributed by atoms with E-state index in [0.29, 0.717) is 23.3 Å². The van der Waals surface area contributed by atoms with Crippen LogP contribution in [-0.2, 0) is 4.74 Å². The first-order valence-corrected chi connectivity index (χ1v) is 6.28. The molecule has 2 amide bonds. The summed E-state index contributed by atoms with van der Waals surface area (Å²) < 4.78 is 5.46. The van der Waals surface area contributed by atoms with Gasteiger partial charge in [-0.3, -0.25) is 0 Å². The van der Waals surface area contributed by atoms with Gasteiger partial charge in [0, 0.05) is 30.9 Å². The number of carbonyl (C=O) groups excluding carboxylic acids is 1. The Morgan fingerprint density at radius 2 is 2.11 bits per heavy atom. The van der Waals surface area contributed by atoms with Crippen LogP contribution in [0, 0.1) is 0 Å². The van der Waals surface area contributed by atoms with Gasteiger partial charge >= 0.3 is 12.0 Å². The van der Waals surface area contributed by atoms with E-state index in [1.54, 1.807) is 20.2 Å². The highest BCUT2D eigenvalue weighted by molar-refractivity contribution is 9.10. The normalized spacial score (nSPS) is 10.1. The second-order valence-electron chi connectivity index (χ2n) is 3.88. The van der Waals surface area contributed by atoms with Crippen molar-refractivity contribution in [2.45, 2.75) is 0 Å². The number of nitrogens with zero attached hydrogens (tertiary/aromatic N) is 1. The van der Waals surface area contributed by atoms with Crippen LogP contribution in [0.4, 0.5) is 10.5 Å². The molecule has 1 aromatic rings. The van der Waals surface area contributed by atoms with Gasteiger partial charge in [-0.25, -0.2) is 9.59 Å². The molecule has 0 fully saturated rings. The number of nitrogens with one attached hydrogen (secondary N) is 1. The van der Waals surface area contributed by atoms with Crippen LogP contribution in [0.15, 0.2) is 22.7 Å². The number of hydrogen-bond acceptors (Lipinski definition) is 3. The molecule has 1 rings (SSSR count). The lowest BCUT2D eigenvalue weighted by molar-refractivity contribution is 0.0697. The number of halogens is 1. The van der Waals surface area contributed by atoms with Crippen LogP contribution in [0.25, 0.3) is 0 Å². The van der Waals surface area contributed by atoms with Crippen LogP contribution < -0.4 is 5.32 Å². The van der Waals surface area contributed by atoms with Crippen molar-refractivity contribution in [3.63, 3.8) is 0 Å². The van der Waals surface area contributed by atoms with Crippen molar-refractivity contribution in [1.82, 2.24) is 4.90 Å². The van der Waals surface area contributed by atoms with Gasteiger partial charge in [0.05, 0.1) is 12.2 Å². The number of methoxy groups -OCH3 is 1. The molecule has 0 unspecified atom stereocenters. The molecular weight excluding hydrogens is 316 g/mol. The summed E-state index contributed by atoms with van der Waals surface area (Å²) in [6.45, 7) is 0.880. The standard InChI is InChI=1S/C12H15BrN2O4/c1-15(3-4-19-2)12(18)14-10-6-8(11(16)17)5-9(13)7-10/h5-7H,3-4H2,1-2H3,(H,14,18)(H,16,17). The number of ether oxygens (including phenoxy) is 1. The molecule has 0 bridgehead atoms. The summed E-state index contributed by atoms with van der Waals surface area (Å²) in [5.41, 5.74) is 0.519. The van der Waals surface area contributed by atoms with E-state index in [4.69, 9.17) is 9.84 Å². The second kappa shape index (κ2) is 7.10. The van der Waals surface area contributed by atoms with Crippen LogP contribution in [0.1, 0.15) is 10.4 Å². The molecule has 0 saturated heterocycles. The van der Waals surface area contributed by atoms with Gasteiger partial charge in [0.1, 0.15) is 0 Å². The molecule has 0 heterocycles. The van der Waals surface area contributed by atoms with Gasteiger partial charge in [0.25, 0.3) is 0 Å². The first-order chi connectivity index (χ1) is 8.93. The summed E-state index contributed by atoms with van der Waals surface area (Å²) in [5, 5.41) is 11.6. The Labute approximate surface area is 119 Å². The molecule has 0 aliphatic rings. The van der Waals surface area contributed by atoms with E-state index in [0.717, 1.165) is 0 Å². The maximum atomic E-state index is 11.8. The molecule has 0 aromatic heterocycles. The predicted octanol–water partition coefficient (Wildman–Crippen LogP) is 2.26. The predicted molar refractivity (Wildman–Crippen MR) is 74.6 cm³/mol. The molecule has 6 nitrogen and oxygen atoms in total. The molecule has 0 radical (unpaired) electrons. The van der Waals surface area contributed by atoms with Crippen molar-refractivity contribution in [1.29, 1.82) is 0 Å². The Hall–Kier alpha value is -1.60. The molecule has 0 saturated carbocycles. The summed E-state index contributed by atoms with van der Waals surface area (Å²) in [5.74, 6) is -1.05. The third kappa shape index (κ3) is 4.88. The van der Waals surface area contributed by atoms with E-state index in [9.17, 15) is 9.59 Å². The highest BCUT2D eigenvalue weighted by atomic mass is 79.9. The molecule has 0 spiro atoms. The van der Waals surface area contributed by atoms with E-state index in [2.05, 4.69) is 21.2 Å². The van der Waals surface area contributed by atoms with Gasteiger partial charge in [-0.15, -0.1) is 0 Å². The lowest BCUT2D eigenvalue weighted by atomic mass is 10.2. The summed E-state index contributed by atoms with van der Waals surface area (Å²) in [6.07, 6.45) is 0. The monoisotopic (exact) mass is 330 g/mol. The van der Waals surface area contributed by atoms with E-state index in [-0.39, 0.29) is 11.6 Å². The summed E-state index contributed by atoms with van der Waals surface area (Å²) >= 11 is 3.20. The van der Waals surface area contributed by atoms with E-state index >= 15 is 0 Å². The van der Waals surface area contributed by atoms with Crippen LogP contribution in [0.5, 0.6) is 0 Å². The van der Waals surface area contributed by atoms with Gasteiger partial charge in [-0.1, -0.05) is 15.9 Å². The minimum atomic E-state index is -1.05. The van der Waals surface area contributed by atoms with Gasteiger partial charge in [0.2, 0.25) is 0 Å². The lowest BCUT2D eigenvalue weighted by Crippen LogP contribution is -2.33. The molecule has 2 N–H and O–H groups in total. The van der Waals surface area contributed by atoms with Gasteiger partial charge in [-0.2, -0.15) is 0 Å². The maximum absolute atomic E-state index is 11.8. The Balaban J connectivity index is 2.76. The fourth-order valence-electron chi connectivity index (χ4n) is 1.33. The molecular formula is C12H15BrN2O4. The van der Waals surface area contributed by atoms with Crippen molar-refractivity contribution in [3.05, 3.63) is 28.2 Å². The number of urea groups is 1. The number of likely N-dealkylation sites (N-methyl/N-ethyl adjacent to an activating group) is 1. The minimum Gasteiger partial charge on any atom is -0.478 e. The number of rotatable bonds is 5. The van der Waals surface area contributed by atoms with Crippen LogP contribution in [0.3, 0.4) is 0 Å². The fraction of sp³-hybridized carbons (Fsp3) is 0.333. The zero-order chi connectivity index (χ0) is 14.4. The van der Waals surface area contributed by atoms with Gasteiger partial charge in [0.15, 0.2) is 0 Å². The number of carboxylic acid groups (broad SMARTS) is 1. The Bertz CT molecular complexity index is 479. The maximum Gasteiger partial charge on any atom is 0.335 e. The van der Waals surface area contributed by atoms with Crippen molar-refractivity contribution in [2.24, 2.45) is 0 Å². The minimum absolute atomic E-state index is 0.101. The zero-order valence-corrected chi connectivity index (χ0v) is 12.2. The van der Waals surface area contributed by atoms with E-state index in [1.807, 2.05) is 0 Å². The van der Waals surface area contributed by atoms with Crippen LogP contribution in [-0.4, -0.2) is 49.3 Å². The van der Waals surface area contributed by atoms with Gasteiger partial charge in [-0.05, 0) is 18.2 Å². The number of anilines is 1. The van der Waals surface area contributed by atoms with Crippen molar-refractivity contribution in [3.8, 4) is 0 Å². The molecule has 0 aliphatic heterocycles. The third-order valence-corrected chi connectivity index (χ3v) is 2.83. The second-order valence-corrected chi connectivity index (χ2v) is 4.79. The van der Waals surface area contributed by atoms with Crippen LogP contribution >= 0.6 is 15.9 Å². The first kappa shape index (κ1) is 15.5. The average molecular weight is 331 g/mol. The molecule has 7 heteroatoms.